The van der Waals surface area contributed by atoms with Crippen LogP contribution in [0.2, 0.25) is 5.02 Å². The lowest BCUT2D eigenvalue weighted by molar-refractivity contribution is -0.115. The van der Waals surface area contributed by atoms with Crippen LogP contribution in [0.1, 0.15) is 21.5 Å². The quantitative estimate of drug-likeness (QED) is 0.837. The van der Waals surface area contributed by atoms with Crippen molar-refractivity contribution in [3.8, 4) is 0 Å². The molecule has 0 unspecified atom stereocenters. The lowest BCUT2D eigenvalue weighted by atomic mass is 10.0. The van der Waals surface area contributed by atoms with Gasteiger partial charge in [-0.25, -0.2) is 0 Å². The summed E-state index contributed by atoms with van der Waals surface area (Å²) in [7, 11) is 0. The fourth-order valence-electron chi connectivity index (χ4n) is 2.20. The maximum Gasteiger partial charge on any atom is 0.228 e. The molecule has 1 aliphatic rings. The number of carbonyl (C=O) groups is 2. The zero-order chi connectivity index (χ0) is 14.3. The van der Waals surface area contributed by atoms with Crippen LogP contribution in [0.5, 0.6) is 0 Å². The summed E-state index contributed by atoms with van der Waals surface area (Å²) in [5.41, 5.74) is 2.60. The van der Waals surface area contributed by atoms with Gasteiger partial charge in [0.2, 0.25) is 5.91 Å². The second kappa shape index (κ2) is 5.04. The average Bonchev–Trinajstić information content (AvgIpc) is 2.77. The number of hydrogen-bond donors (Lipinski definition) is 1. The summed E-state index contributed by atoms with van der Waals surface area (Å²) >= 11 is 9.40. The second-order valence-electron chi connectivity index (χ2n) is 4.55. The third-order valence-electron chi connectivity index (χ3n) is 3.17. The van der Waals surface area contributed by atoms with Crippen LogP contribution in [0.15, 0.2) is 40.9 Å². The van der Waals surface area contributed by atoms with Crippen LogP contribution in [0.4, 0.5) is 5.69 Å². The van der Waals surface area contributed by atoms with Gasteiger partial charge in [-0.3, -0.25) is 9.59 Å². The molecular formula is C15H9BrClNO2. The van der Waals surface area contributed by atoms with Crippen molar-refractivity contribution in [2.75, 3.05) is 5.32 Å². The van der Waals surface area contributed by atoms with Gasteiger partial charge in [0.25, 0.3) is 0 Å². The highest BCUT2D eigenvalue weighted by Crippen LogP contribution is 2.27. The molecule has 0 bridgehead atoms. The summed E-state index contributed by atoms with van der Waals surface area (Å²) in [6, 6.07) is 10.3. The minimum absolute atomic E-state index is 0.0497. The molecule has 1 amide bonds. The van der Waals surface area contributed by atoms with Gasteiger partial charge >= 0.3 is 0 Å². The van der Waals surface area contributed by atoms with Crippen molar-refractivity contribution < 1.29 is 9.59 Å². The maximum absolute atomic E-state index is 12.5. The van der Waals surface area contributed by atoms with Gasteiger partial charge < -0.3 is 5.32 Å². The predicted molar refractivity (Wildman–Crippen MR) is 81.4 cm³/mol. The summed E-state index contributed by atoms with van der Waals surface area (Å²) in [5.74, 6) is -0.198. The fraction of sp³-hybridized carbons (Fsp3) is 0.0667. The van der Waals surface area contributed by atoms with Crippen LogP contribution in [0.25, 0.3) is 0 Å². The first kappa shape index (κ1) is 13.3. The smallest absolute Gasteiger partial charge is 0.228 e. The van der Waals surface area contributed by atoms with Crippen LogP contribution in [-0.2, 0) is 11.2 Å². The van der Waals surface area contributed by atoms with Crippen LogP contribution in [-0.4, -0.2) is 11.7 Å². The number of benzene rings is 2. The highest BCUT2D eigenvalue weighted by Gasteiger charge is 2.20. The molecule has 3 rings (SSSR count). The summed E-state index contributed by atoms with van der Waals surface area (Å²) in [5, 5.41) is 3.14. The molecule has 20 heavy (non-hydrogen) atoms. The van der Waals surface area contributed by atoms with E-state index >= 15 is 0 Å². The second-order valence-corrected chi connectivity index (χ2v) is 5.87. The number of halogens is 2. The number of ketones is 1. The van der Waals surface area contributed by atoms with Crippen molar-refractivity contribution in [2.24, 2.45) is 0 Å². The lowest BCUT2D eigenvalue weighted by Crippen LogP contribution is -2.03. The third kappa shape index (κ3) is 2.37. The molecule has 0 fully saturated rings. The fourth-order valence-corrected chi connectivity index (χ4v) is 2.96. The van der Waals surface area contributed by atoms with Crippen LogP contribution >= 0.6 is 27.5 Å². The first-order valence-corrected chi connectivity index (χ1v) is 7.14. The summed E-state index contributed by atoms with van der Waals surface area (Å²) in [4.78, 5) is 23.8. The van der Waals surface area contributed by atoms with Crippen molar-refractivity contribution in [1.29, 1.82) is 0 Å². The van der Waals surface area contributed by atoms with E-state index in [1.807, 2.05) is 0 Å². The molecule has 1 aliphatic heterocycles. The number of nitrogens with one attached hydrogen (secondary N) is 1. The largest absolute Gasteiger partial charge is 0.326 e. The van der Waals surface area contributed by atoms with Crippen molar-refractivity contribution >= 4 is 44.9 Å². The molecule has 0 atom stereocenters. The molecule has 0 aromatic heterocycles. The molecule has 1 N–H and O–H groups in total. The van der Waals surface area contributed by atoms with E-state index in [0.29, 0.717) is 22.6 Å². The predicted octanol–water partition coefficient (Wildman–Crippen LogP) is 3.83. The normalized spacial score (nSPS) is 13.0. The summed E-state index contributed by atoms with van der Waals surface area (Å²) < 4.78 is 0.822. The van der Waals surface area contributed by atoms with E-state index < -0.39 is 0 Å². The van der Waals surface area contributed by atoms with E-state index in [1.54, 1.807) is 36.4 Å². The SMILES string of the molecule is O=C1Cc2cc(C(=O)c3ccc(Br)cc3Cl)ccc2N1. The minimum atomic E-state index is -0.148. The van der Waals surface area contributed by atoms with E-state index in [2.05, 4.69) is 21.2 Å². The molecule has 3 nitrogen and oxygen atoms in total. The van der Waals surface area contributed by atoms with E-state index in [4.69, 9.17) is 11.6 Å². The Bertz CT molecular complexity index is 743. The summed E-state index contributed by atoms with van der Waals surface area (Å²) in [6.45, 7) is 0. The van der Waals surface area contributed by atoms with Gasteiger partial charge in [-0.2, -0.15) is 0 Å². The van der Waals surface area contributed by atoms with Gasteiger partial charge in [0.05, 0.1) is 11.4 Å². The molecule has 0 radical (unpaired) electrons. The van der Waals surface area contributed by atoms with Gasteiger partial charge in [0.15, 0.2) is 5.78 Å². The van der Waals surface area contributed by atoms with Crippen LogP contribution < -0.4 is 5.32 Å². The Labute approximate surface area is 129 Å². The summed E-state index contributed by atoms with van der Waals surface area (Å²) in [6.07, 6.45) is 0.310. The van der Waals surface area contributed by atoms with Crippen LogP contribution in [0, 0.1) is 0 Å². The number of carbonyl (C=O) groups excluding carboxylic acids is 2. The Hall–Kier alpha value is -1.65. The number of amides is 1. The Morgan fingerprint density at radius 2 is 2.00 bits per heavy atom. The van der Waals surface area contributed by atoms with Crippen molar-refractivity contribution in [3.05, 3.63) is 62.6 Å². The van der Waals surface area contributed by atoms with Crippen molar-refractivity contribution in [1.82, 2.24) is 0 Å². The zero-order valence-corrected chi connectivity index (χ0v) is 12.6. The molecule has 1 heterocycles. The Morgan fingerprint density at radius 1 is 1.20 bits per heavy atom. The number of rotatable bonds is 2. The topological polar surface area (TPSA) is 46.2 Å². The molecule has 100 valence electrons. The van der Waals surface area contributed by atoms with Crippen molar-refractivity contribution in [2.45, 2.75) is 6.42 Å². The number of hydrogen-bond acceptors (Lipinski definition) is 2. The highest BCUT2D eigenvalue weighted by molar-refractivity contribution is 9.10. The van der Waals surface area contributed by atoms with E-state index in [0.717, 1.165) is 15.7 Å². The number of fused-ring (bicyclic) bond motifs is 1. The van der Waals surface area contributed by atoms with Gasteiger partial charge in [0.1, 0.15) is 0 Å². The first-order chi connectivity index (χ1) is 9.54. The Morgan fingerprint density at radius 3 is 2.75 bits per heavy atom. The van der Waals surface area contributed by atoms with Gasteiger partial charge in [0, 0.05) is 21.3 Å². The first-order valence-electron chi connectivity index (χ1n) is 5.97. The molecule has 2 aromatic rings. The van der Waals surface area contributed by atoms with Gasteiger partial charge in [-0.15, -0.1) is 0 Å². The molecule has 0 saturated carbocycles. The van der Waals surface area contributed by atoms with E-state index in [1.165, 1.54) is 0 Å². The standard InChI is InChI=1S/C15H9BrClNO2/c16-10-2-3-11(12(17)7-10)15(20)8-1-4-13-9(5-8)6-14(19)18-13/h1-5,7H,6H2,(H,18,19). The third-order valence-corrected chi connectivity index (χ3v) is 3.97. The monoisotopic (exact) mass is 349 g/mol. The van der Waals surface area contributed by atoms with E-state index in [-0.39, 0.29) is 11.7 Å². The van der Waals surface area contributed by atoms with Gasteiger partial charge in [-0.1, -0.05) is 27.5 Å². The Kier molecular flexibility index (Phi) is 3.36. The number of anilines is 1. The molecule has 2 aromatic carbocycles. The maximum atomic E-state index is 12.5. The zero-order valence-electron chi connectivity index (χ0n) is 10.2. The molecule has 0 spiro atoms. The molecular weight excluding hydrogens is 342 g/mol. The average molecular weight is 351 g/mol. The lowest BCUT2D eigenvalue weighted by Gasteiger charge is -2.06. The minimum Gasteiger partial charge on any atom is -0.326 e. The molecule has 5 heteroatoms. The van der Waals surface area contributed by atoms with Crippen molar-refractivity contribution in [3.63, 3.8) is 0 Å². The molecule has 0 aliphatic carbocycles. The Balaban J connectivity index is 1.99. The molecule has 0 saturated heterocycles. The van der Waals surface area contributed by atoms with Gasteiger partial charge in [-0.05, 0) is 42.0 Å². The van der Waals surface area contributed by atoms with E-state index in [9.17, 15) is 9.59 Å². The van der Waals surface area contributed by atoms with Crippen LogP contribution in [0.3, 0.4) is 0 Å². The highest BCUT2D eigenvalue weighted by atomic mass is 79.9.